The van der Waals surface area contributed by atoms with Crippen molar-refractivity contribution in [1.82, 2.24) is 39.4 Å². The number of benzene rings is 1. The average molecular weight is 942 g/mol. The molecular formula is C45H67N9O9S2. The molecule has 1 aliphatic carbocycles. The number of carbonyl (C=O) groups excluding carboxylic acids is 3. The second-order valence-corrected chi connectivity index (χ2v) is 22.3. The van der Waals surface area contributed by atoms with Crippen molar-refractivity contribution in [2.24, 2.45) is 11.3 Å². The van der Waals surface area contributed by atoms with Crippen LogP contribution in [0.2, 0.25) is 0 Å². The minimum absolute atomic E-state index is 0.0344. The molecule has 4 heterocycles. The van der Waals surface area contributed by atoms with Crippen LogP contribution in [0.15, 0.2) is 29.6 Å². The van der Waals surface area contributed by atoms with Crippen molar-refractivity contribution >= 4 is 61.4 Å². The van der Waals surface area contributed by atoms with Gasteiger partial charge in [0.25, 0.3) is 10.2 Å². The number of ether oxygens (including phenoxy) is 2. The smallest absolute Gasteiger partial charge is 0.329 e. The van der Waals surface area contributed by atoms with Gasteiger partial charge in [0.2, 0.25) is 11.8 Å². The largest absolute Gasteiger partial charge is 0.497 e. The average Bonchev–Trinajstić information content (AvgIpc) is 3.52. The van der Waals surface area contributed by atoms with Crippen LogP contribution in [0.4, 0.5) is 9.93 Å². The highest BCUT2D eigenvalue weighted by Gasteiger charge is 2.62. The van der Waals surface area contributed by atoms with Crippen LogP contribution >= 0.6 is 11.3 Å². The first-order chi connectivity index (χ1) is 30.5. The maximum Gasteiger partial charge on any atom is 0.329 e. The number of hydrogen-bond acceptors (Lipinski definition) is 12. The number of carboxylic acids is 1. The first kappa shape index (κ1) is 49.6. The number of nitrogens with one attached hydrogen (secondary N) is 3. The predicted octanol–water partition coefficient (Wildman–Crippen LogP) is 5.08. The Labute approximate surface area is 387 Å². The van der Waals surface area contributed by atoms with E-state index in [1.54, 1.807) is 25.3 Å². The summed E-state index contributed by atoms with van der Waals surface area (Å²) in [5.74, 6) is -1.39. The van der Waals surface area contributed by atoms with Crippen LogP contribution in [0.3, 0.4) is 0 Å². The van der Waals surface area contributed by atoms with Gasteiger partial charge in [-0.15, -0.1) is 11.3 Å². The minimum Gasteiger partial charge on any atom is -0.497 e. The quantitative estimate of drug-likeness (QED) is 0.177. The zero-order chi connectivity index (χ0) is 47.6. The summed E-state index contributed by atoms with van der Waals surface area (Å²) in [7, 11) is 4.07. The molecule has 2 aromatic heterocycles. The summed E-state index contributed by atoms with van der Waals surface area (Å²) in [6.45, 7) is 9.75. The number of hydrogen-bond donors (Lipinski definition) is 4. The highest BCUT2D eigenvalue weighted by molar-refractivity contribution is 7.86. The molecule has 1 saturated carbocycles. The van der Waals surface area contributed by atoms with Crippen molar-refractivity contribution in [3.63, 3.8) is 0 Å². The number of urea groups is 1. The Bertz CT molecular complexity index is 2340. The van der Waals surface area contributed by atoms with Crippen LogP contribution in [-0.4, -0.2) is 145 Å². The van der Waals surface area contributed by atoms with Crippen LogP contribution in [0.25, 0.3) is 22.3 Å². The van der Waals surface area contributed by atoms with Gasteiger partial charge in [-0.3, -0.25) is 9.59 Å². The van der Waals surface area contributed by atoms with E-state index in [0.29, 0.717) is 53.1 Å². The molecule has 6 atom stereocenters. The van der Waals surface area contributed by atoms with E-state index in [9.17, 15) is 32.7 Å². The monoisotopic (exact) mass is 941 g/mol. The van der Waals surface area contributed by atoms with Crippen LogP contribution < -0.4 is 30.3 Å². The molecule has 3 aromatic rings. The molecule has 358 valence electrons. The van der Waals surface area contributed by atoms with Crippen molar-refractivity contribution in [3.8, 4) is 22.9 Å². The first-order valence-electron chi connectivity index (χ1n) is 22.5. The summed E-state index contributed by atoms with van der Waals surface area (Å²) < 4.78 is 40.5. The van der Waals surface area contributed by atoms with Gasteiger partial charge in [-0.05, 0) is 56.6 Å². The fourth-order valence-corrected chi connectivity index (χ4v) is 10.4. The third-order valence-electron chi connectivity index (χ3n) is 13.1. The van der Waals surface area contributed by atoms with Gasteiger partial charge >= 0.3 is 12.0 Å². The molecule has 20 heteroatoms. The number of anilines is 1. The molecule has 2 saturated heterocycles. The van der Waals surface area contributed by atoms with Crippen molar-refractivity contribution in [2.75, 3.05) is 53.3 Å². The van der Waals surface area contributed by atoms with Crippen LogP contribution in [-0.2, 0) is 24.6 Å². The zero-order valence-electron chi connectivity index (χ0n) is 39.3. The number of pyridine rings is 1. The van der Waals surface area contributed by atoms with Gasteiger partial charge in [0.1, 0.15) is 40.9 Å². The molecule has 3 aliphatic rings. The Balaban J connectivity index is 1.33. The molecule has 18 nitrogen and oxygen atoms in total. The van der Waals surface area contributed by atoms with Gasteiger partial charge in [-0.2, -0.15) is 17.0 Å². The number of methoxy groups -OCH3 is 1. The van der Waals surface area contributed by atoms with E-state index < -0.39 is 69.2 Å². The van der Waals surface area contributed by atoms with Crippen LogP contribution in [0.5, 0.6) is 11.5 Å². The third kappa shape index (κ3) is 11.3. The van der Waals surface area contributed by atoms with E-state index in [-0.39, 0.29) is 37.9 Å². The molecule has 65 heavy (non-hydrogen) atoms. The Morgan fingerprint density at radius 2 is 1.72 bits per heavy atom. The lowest BCUT2D eigenvalue weighted by Crippen LogP contribution is -2.59. The van der Waals surface area contributed by atoms with Gasteiger partial charge < -0.3 is 40.3 Å². The number of likely N-dealkylation sites (N-methyl/N-ethyl adjacent to an activating group) is 1. The number of fused-ring (bicyclic) bond motifs is 3. The summed E-state index contributed by atoms with van der Waals surface area (Å²) in [5, 5.41) is 22.5. The predicted molar refractivity (Wildman–Crippen MR) is 250 cm³/mol. The van der Waals surface area contributed by atoms with E-state index in [1.165, 1.54) is 41.7 Å². The van der Waals surface area contributed by atoms with Crippen molar-refractivity contribution in [3.05, 3.63) is 29.6 Å². The summed E-state index contributed by atoms with van der Waals surface area (Å²) in [4.78, 5) is 69.4. The number of aromatic nitrogens is 2. The number of nitrogens with zero attached hydrogens (tertiary/aromatic N) is 6. The first-order valence-corrected chi connectivity index (χ1v) is 24.7. The lowest BCUT2D eigenvalue weighted by atomic mass is 9.87. The second-order valence-electron chi connectivity index (χ2n) is 19.3. The van der Waals surface area contributed by atoms with Gasteiger partial charge in [0.15, 0.2) is 5.13 Å². The molecule has 2 aliphatic heterocycles. The fraction of sp³-hybridized carbons (Fsp3) is 0.644. The van der Waals surface area contributed by atoms with Gasteiger partial charge in [-0.25, -0.2) is 19.6 Å². The molecule has 3 fully saturated rings. The number of aliphatic carboxylic acids is 1. The van der Waals surface area contributed by atoms with E-state index in [0.717, 1.165) is 35.1 Å². The number of thiazole rings is 1. The molecule has 0 bridgehead atoms. The SMILES string of the molecule is COc1ccc2c(O[C@@H]3C[C@H]4C(=O)N[C@]5(C(=O)O)CC5CCCCCCC[C@H](NC(=O)N[C@H](CN(C)S(=O)(=O)N(C)C)C(C)(C)C)C(=O)N4C3)cc(-c3csc(N(C)C(C)C)n3)nc2c1. The zero-order valence-corrected chi connectivity index (χ0v) is 41.0. The Hall–Kier alpha value is -4.79. The van der Waals surface area contributed by atoms with Crippen LogP contribution in [0, 0.1) is 11.3 Å². The van der Waals surface area contributed by atoms with Crippen molar-refractivity contribution in [1.29, 1.82) is 0 Å². The molecule has 1 unspecified atom stereocenters. The Kier molecular flexibility index (Phi) is 15.3. The van der Waals surface area contributed by atoms with Crippen molar-refractivity contribution < 1.29 is 42.2 Å². The topological polar surface area (TPSA) is 216 Å². The molecule has 6 rings (SSSR count). The van der Waals surface area contributed by atoms with E-state index in [1.807, 2.05) is 39.3 Å². The lowest BCUT2D eigenvalue weighted by molar-refractivity contribution is -0.145. The lowest BCUT2D eigenvalue weighted by Gasteiger charge is -2.35. The van der Waals surface area contributed by atoms with E-state index in [2.05, 4.69) is 34.7 Å². The normalized spacial score (nSPS) is 23.9. The Morgan fingerprint density at radius 1 is 1.03 bits per heavy atom. The van der Waals surface area contributed by atoms with E-state index in [4.69, 9.17) is 19.4 Å². The molecule has 1 aromatic carbocycles. The number of rotatable bonds is 13. The number of carboxylic acid groups (broad SMARTS) is 1. The number of amides is 4. The second kappa shape index (κ2) is 20.0. The third-order valence-corrected chi connectivity index (χ3v) is 15.9. The highest BCUT2D eigenvalue weighted by atomic mass is 32.2. The summed E-state index contributed by atoms with van der Waals surface area (Å²) >= 11 is 1.50. The number of carbonyl (C=O) groups is 4. The van der Waals surface area contributed by atoms with Gasteiger partial charge in [0, 0.05) is 76.1 Å². The van der Waals surface area contributed by atoms with Gasteiger partial charge in [-0.1, -0.05) is 52.9 Å². The summed E-state index contributed by atoms with van der Waals surface area (Å²) in [6.07, 6.45) is 4.49. The summed E-state index contributed by atoms with van der Waals surface area (Å²) in [6, 6.07) is 3.96. The molecule has 4 amide bonds. The van der Waals surface area contributed by atoms with Crippen LogP contribution in [0.1, 0.15) is 92.4 Å². The van der Waals surface area contributed by atoms with Gasteiger partial charge in [0.05, 0.1) is 24.9 Å². The van der Waals surface area contributed by atoms with E-state index >= 15 is 0 Å². The molecule has 0 spiro atoms. The molecule has 4 N–H and O–H groups in total. The summed E-state index contributed by atoms with van der Waals surface area (Å²) in [5.41, 5.74) is -0.229. The maximum absolute atomic E-state index is 14.9. The molecule has 0 radical (unpaired) electrons. The minimum atomic E-state index is -3.79. The Morgan fingerprint density at radius 3 is 2.37 bits per heavy atom. The fourth-order valence-electron chi connectivity index (χ4n) is 8.55. The maximum atomic E-state index is 14.9. The van der Waals surface area contributed by atoms with Crippen molar-refractivity contribution in [2.45, 2.75) is 128 Å². The highest BCUT2D eigenvalue weighted by Crippen LogP contribution is 2.48. The molecular weight excluding hydrogens is 875 g/mol. The standard InChI is InChI=1S/C45H67N9O9S2/c1-27(2)53(9)43-48-35(26-64-43)34-22-37(31-19-18-29(62-10)20-33(31)46-34)63-30-21-36-39(55)50-45(41(57)58)23-28(45)16-14-12-11-13-15-17-32(40(56)54(36)24-30)47-42(59)49-38(44(3,4)5)25-52(8)65(60,61)51(6)7/h18-20,22,26-28,30,32,36,38H,11-17,21,23-25H2,1-10H3,(H,50,55)(H,57,58)(H2,47,49,59)/t28?,30-,32+,36+,38-,45-/m1/s1.